The van der Waals surface area contributed by atoms with Crippen molar-refractivity contribution in [1.29, 1.82) is 0 Å². The summed E-state index contributed by atoms with van der Waals surface area (Å²) >= 11 is 0. The Balaban J connectivity index is 1.56. The van der Waals surface area contributed by atoms with Crippen LogP contribution in [-0.4, -0.2) is 45.5 Å². The van der Waals surface area contributed by atoms with Gasteiger partial charge in [0.2, 0.25) is 10.0 Å². The fourth-order valence-electron chi connectivity index (χ4n) is 3.95. The predicted molar refractivity (Wildman–Crippen MR) is 124 cm³/mol. The molecule has 4 rings (SSSR count). The number of anilines is 1. The van der Waals surface area contributed by atoms with Gasteiger partial charge < -0.3 is 5.32 Å². The maximum Gasteiger partial charge on any atom is 0.293 e. The standard InChI is InChI=1S/C22H26N6O4S/c1-17(18-6-8-19(9-7-18)27-16-23-15-24-27)25-21-11-10-20(14-22(21)28(29)30)33(31,32)26-12-4-2-3-5-13-26/h6-11,14-17,25H,2-5,12-13H2,1H3. The first-order valence-corrected chi connectivity index (χ1v) is 12.3. The Kier molecular flexibility index (Phi) is 6.70. The van der Waals surface area contributed by atoms with Crippen molar-refractivity contribution in [3.8, 4) is 5.69 Å². The molecule has 2 heterocycles. The number of nitrogens with one attached hydrogen (secondary N) is 1. The SMILES string of the molecule is CC(Nc1ccc(S(=O)(=O)N2CCCCCC2)cc1[N+](=O)[O-])c1ccc(-n2cncn2)cc1. The number of nitrogens with zero attached hydrogens (tertiary/aromatic N) is 5. The molecule has 1 atom stereocenters. The minimum atomic E-state index is -3.78. The molecule has 1 N–H and O–H groups in total. The maximum atomic E-state index is 13.1. The summed E-state index contributed by atoms with van der Waals surface area (Å²) in [5, 5.41) is 19.0. The Morgan fingerprint density at radius 2 is 1.76 bits per heavy atom. The molecule has 1 fully saturated rings. The van der Waals surface area contributed by atoms with Gasteiger partial charge in [0.1, 0.15) is 18.3 Å². The highest BCUT2D eigenvalue weighted by Crippen LogP contribution is 2.32. The molecule has 0 saturated carbocycles. The normalized spacial score (nSPS) is 16.2. The van der Waals surface area contributed by atoms with Gasteiger partial charge in [-0.2, -0.15) is 9.40 Å². The Hall–Kier alpha value is -3.31. The average molecular weight is 471 g/mol. The van der Waals surface area contributed by atoms with E-state index in [-0.39, 0.29) is 22.3 Å². The van der Waals surface area contributed by atoms with Crippen LogP contribution in [0.4, 0.5) is 11.4 Å². The van der Waals surface area contributed by atoms with Crippen LogP contribution in [0.3, 0.4) is 0 Å². The van der Waals surface area contributed by atoms with Crippen LogP contribution in [0.15, 0.2) is 60.0 Å². The number of aromatic nitrogens is 3. The molecule has 2 aromatic carbocycles. The van der Waals surface area contributed by atoms with Gasteiger partial charge in [-0.25, -0.2) is 18.1 Å². The predicted octanol–water partition coefficient (Wildman–Crippen LogP) is 3.91. The van der Waals surface area contributed by atoms with E-state index in [4.69, 9.17) is 0 Å². The van der Waals surface area contributed by atoms with Gasteiger partial charge in [0.05, 0.1) is 15.5 Å². The summed E-state index contributed by atoms with van der Waals surface area (Å²) in [6.07, 6.45) is 6.64. The molecule has 3 aromatic rings. The third-order valence-electron chi connectivity index (χ3n) is 5.82. The molecule has 0 aliphatic carbocycles. The molecule has 1 unspecified atom stereocenters. The molecule has 0 radical (unpaired) electrons. The van der Waals surface area contributed by atoms with Crippen LogP contribution >= 0.6 is 0 Å². The van der Waals surface area contributed by atoms with Crippen molar-refractivity contribution >= 4 is 21.4 Å². The van der Waals surface area contributed by atoms with Gasteiger partial charge in [0.15, 0.2) is 0 Å². The third-order valence-corrected chi connectivity index (χ3v) is 7.71. The van der Waals surface area contributed by atoms with Gasteiger partial charge in [0.25, 0.3) is 5.69 Å². The lowest BCUT2D eigenvalue weighted by atomic mass is 10.1. The van der Waals surface area contributed by atoms with Crippen molar-refractivity contribution in [2.75, 3.05) is 18.4 Å². The zero-order chi connectivity index (χ0) is 23.4. The zero-order valence-electron chi connectivity index (χ0n) is 18.3. The molecule has 0 spiro atoms. The van der Waals surface area contributed by atoms with E-state index in [9.17, 15) is 18.5 Å². The second-order valence-electron chi connectivity index (χ2n) is 8.05. The lowest BCUT2D eigenvalue weighted by Gasteiger charge is -2.21. The van der Waals surface area contributed by atoms with E-state index in [0.29, 0.717) is 13.1 Å². The fraction of sp³-hybridized carbons (Fsp3) is 0.364. The first kappa shape index (κ1) is 22.9. The molecule has 1 saturated heterocycles. The summed E-state index contributed by atoms with van der Waals surface area (Å²) < 4.78 is 29.2. The van der Waals surface area contributed by atoms with E-state index in [1.165, 1.54) is 22.8 Å². The number of hydrogen-bond acceptors (Lipinski definition) is 7. The van der Waals surface area contributed by atoms with E-state index in [1.807, 2.05) is 31.2 Å². The minimum Gasteiger partial charge on any atom is -0.373 e. The lowest BCUT2D eigenvalue weighted by molar-refractivity contribution is -0.384. The molecule has 33 heavy (non-hydrogen) atoms. The summed E-state index contributed by atoms with van der Waals surface area (Å²) in [5.41, 5.74) is 1.76. The van der Waals surface area contributed by atoms with E-state index >= 15 is 0 Å². The molecule has 1 aliphatic heterocycles. The van der Waals surface area contributed by atoms with Crippen molar-refractivity contribution in [1.82, 2.24) is 19.1 Å². The van der Waals surface area contributed by atoms with E-state index < -0.39 is 14.9 Å². The number of rotatable bonds is 7. The summed E-state index contributed by atoms with van der Waals surface area (Å²) in [7, 11) is -3.78. The van der Waals surface area contributed by atoms with Gasteiger partial charge in [-0.3, -0.25) is 10.1 Å². The van der Waals surface area contributed by atoms with Crippen molar-refractivity contribution in [2.45, 2.75) is 43.5 Å². The number of hydrogen-bond donors (Lipinski definition) is 1. The van der Waals surface area contributed by atoms with Gasteiger partial charge in [-0.05, 0) is 49.6 Å². The lowest BCUT2D eigenvalue weighted by Crippen LogP contribution is -2.32. The topological polar surface area (TPSA) is 123 Å². The monoisotopic (exact) mass is 470 g/mol. The number of nitro groups is 1. The first-order chi connectivity index (χ1) is 15.9. The first-order valence-electron chi connectivity index (χ1n) is 10.9. The molecular weight excluding hydrogens is 444 g/mol. The minimum absolute atomic E-state index is 0.0495. The molecule has 1 aromatic heterocycles. The second-order valence-corrected chi connectivity index (χ2v) is 9.99. The van der Waals surface area contributed by atoms with Crippen molar-refractivity contribution in [3.05, 3.63) is 70.8 Å². The van der Waals surface area contributed by atoms with E-state index in [1.54, 1.807) is 11.0 Å². The Labute approximate surface area is 192 Å². The highest BCUT2D eigenvalue weighted by molar-refractivity contribution is 7.89. The molecule has 0 amide bonds. The molecule has 10 nitrogen and oxygen atoms in total. The highest BCUT2D eigenvalue weighted by Gasteiger charge is 2.28. The Morgan fingerprint density at radius 3 is 2.36 bits per heavy atom. The summed E-state index contributed by atoms with van der Waals surface area (Å²) in [4.78, 5) is 15.1. The van der Waals surface area contributed by atoms with Gasteiger partial charge in [-0.1, -0.05) is 25.0 Å². The summed E-state index contributed by atoms with van der Waals surface area (Å²) in [6, 6.07) is 11.4. The average Bonchev–Trinajstić information content (AvgIpc) is 3.20. The van der Waals surface area contributed by atoms with Crippen LogP contribution in [0.1, 0.15) is 44.2 Å². The van der Waals surface area contributed by atoms with Crippen molar-refractivity contribution < 1.29 is 13.3 Å². The number of benzene rings is 2. The molecule has 1 aliphatic rings. The van der Waals surface area contributed by atoms with E-state index in [2.05, 4.69) is 15.4 Å². The van der Waals surface area contributed by atoms with Gasteiger partial charge in [-0.15, -0.1) is 0 Å². The molecule has 11 heteroatoms. The van der Waals surface area contributed by atoms with E-state index in [0.717, 1.165) is 43.0 Å². The highest BCUT2D eigenvalue weighted by atomic mass is 32.2. The van der Waals surface area contributed by atoms with Gasteiger partial charge >= 0.3 is 0 Å². The second kappa shape index (κ2) is 9.67. The van der Waals surface area contributed by atoms with Crippen LogP contribution in [0.2, 0.25) is 0 Å². The molecule has 0 bridgehead atoms. The van der Waals surface area contributed by atoms with Crippen LogP contribution in [0, 0.1) is 10.1 Å². The van der Waals surface area contributed by atoms with Crippen LogP contribution < -0.4 is 5.32 Å². The Morgan fingerprint density at radius 1 is 1.06 bits per heavy atom. The molecular formula is C22H26N6O4S. The number of sulfonamides is 1. The Bertz CT molecular complexity index is 1200. The van der Waals surface area contributed by atoms with Crippen LogP contribution in [0.5, 0.6) is 0 Å². The van der Waals surface area contributed by atoms with Crippen LogP contribution in [-0.2, 0) is 10.0 Å². The van der Waals surface area contributed by atoms with Crippen molar-refractivity contribution in [2.24, 2.45) is 0 Å². The summed E-state index contributed by atoms with van der Waals surface area (Å²) in [6.45, 7) is 2.77. The zero-order valence-corrected chi connectivity index (χ0v) is 19.1. The molecule has 174 valence electrons. The largest absolute Gasteiger partial charge is 0.373 e. The summed E-state index contributed by atoms with van der Waals surface area (Å²) in [5.74, 6) is 0. The quantitative estimate of drug-likeness (QED) is 0.410. The maximum absolute atomic E-state index is 13.1. The number of nitro benzene ring substituents is 1. The van der Waals surface area contributed by atoms with Crippen molar-refractivity contribution in [3.63, 3.8) is 0 Å². The third kappa shape index (κ3) is 5.04. The smallest absolute Gasteiger partial charge is 0.293 e. The van der Waals surface area contributed by atoms with Crippen LogP contribution in [0.25, 0.3) is 5.69 Å². The fourth-order valence-corrected chi connectivity index (χ4v) is 5.49. The van der Waals surface area contributed by atoms with Gasteiger partial charge in [0, 0.05) is 25.2 Å².